The Morgan fingerprint density at radius 2 is 2.05 bits per heavy atom. The number of ether oxygens (including phenoxy) is 1. The van der Waals surface area contributed by atoms with Gasteiger partial charge in [-0.05, 0) is 31.9 Å². The molecule has 1 aliphatic heterocycles. The summed E-state index contributed by atoms with van der Waals surface area (Å²) in [6, 6.07) is 6.97. The highest BCUT2D eigenvalue weighted by atomic mass is 32.2. The van der Waals surface area contributed by atoms with Crippen LogP contribution >= 0.6 is 0 Å². The molecule has 0 spiro atoms. The summed E-state index contributed by atoms with van der Waals surface area (Å²) in [4.78, 5) is 0.322. The average Bonchev–Trinajstić information content (AvgIpc) is 2.47. The second-order valence-electron chi connectivity index (χ2n) is 5.34. The Balaban J connectivity index is 2.35. The van der Waals surface area contributed by atoms with Crippen LogP contribution in [0.5, 0.6) is 0 Å². The topological polar surface area (TPSA) is 58.6 Å². The molecule has 0 aliphatic carbocycles. The summed E-state index contributed by atoms with van der Waals surface area (Å²) in [5.74, 6) is 0. The first-order chi connectivity index (χ1) is 9.43. The number of hydrogen-bond acceptors (Lipinski definition) is 4. The molecule has 0 saturated carbocycles. The third kappa shape index (κ3) is 2.82. The van der Waals surface area contributed by atoms with Crippen molar-refractivity contribution in [1.29, 1.82) is 0 Å². The van der Waals surface area contributed by atoms with E-state index >= 15 is 0 Å². The second-order valence-corrected chi connectivity index (χ2v) is 7.25. The van der Waals surface area contributed by atoms with E-state index < -0.39 is 15.6 Å². The monoisotopic (exact) mass is 298 g/mol. The zero-order valence-electron chi connectivity index (χ0n) is 12.2. The molecule has 1 fully saturated rings. The van der Waals surface area contributed by atoms with Crippen molar-refractivity contribution in [2.45, 2.75) is 30.3 Å². The van der Waals surface area contributed by atoms with Crippen molar-refractivity contribution < 1.29 is 13.2 Å². The van der Waals surface area contributed by atoms with Gasteiger partial charge in [0.15, 0.2) is 0 Å². The van der Waals surface area contributed by atoms with Gasteiger partial charge in [0.05, 0.1) is 11.3 Å². The minimum Gasteiger partial charge on any atom is -0.387 e. The first-order valence-corrected chi connectivity index (χ1v) is 8.19. The van der Waals surface area contributed by atoms with E-state index in [1.807, 2.05) is 13.0 Å². The number of nitrogens with one attached hydrogen (secondary N) is 1. The van der Waals surface area contributed by atoms with Crippen LogP contribution in [-0.4, -0.2) is 45.6 Å². The molecule has 1 atom stereocenters. The number of para-hydroxylation sites is 1. The van der Waals surface area contributed by atoms with Crippen LogP contribution in [0.15, 0.2) is 29.2 Å². The lowest BCUT2D eigenvalue weighted by molar-refractivity contribution is -0.0319. The molecular formula is C14H22N2O3S. The normalized spacial score (nSPS) is 24.6. The summed E-state index contributed by atoms with van der Waals surface area (Å²) in [7, 11) is -0.133. The molecule has 1 aromatic carbocycles. The van der Waals surface area contributed by atoms with Gasteiger partial charge in [-0.2, -0.15) is 4.31 Å². The van der Waals surface area contributed by atoms with Crippen molar-refractivity contribution in [2.75, 3.05) is 32.6 Å². The lowest BCUT2D eigenvalue weighted by Gasteiger charge is -2.38. The smallest absolute Gasteiger partial charge is 0.245 e. The molecule has 1 unspecified atom stereocenters. The molecule has 6 heteroatoms. The van der Waals surface area contributed by atoms with Gasteiger partial charge in [0.2, 0.25) is 10.0 Å². The molecule has 0 aromatic heterocycles. The van der Waals surface area contributed by atoms with Gasteiger partial charge in [-0.15, -0.1) is 0 Å². The van der Waals surface area contributed by atoms with Gasteiger partial charge in [-0.1, -0.05) is 12.1 Å². The van der Waals surface area contributed by atoms with E-state index in [4.69, 9.17) is 4.74 Å². The Kier molecular flexibility index (Phi) is 4.36. The largest absolute Gasteiger partial charge is 0.387 e. The van der Waals surface area contributed by atoms with Crippen LogP contribution in [0.4, 0.5) is 5.69 Å². The van der Waals surface area contributed by atoms with Crippen LogP contribution in [0.3, 0.4) is 0 Å². The van der Waals surface area contributed by atoms with E-state index in [1.54, 1.807) is 32.4 Å². The van der Waals surface area contributed by atoms with Crippen LogP contribution in [-0.2, 0) is 14.8 Å². The Morgan fingerprint density at radius 1 is 1.35 bits per heavy atom. The third-order valence-electron chi connectivity index (χ3n) is 3.89. The summed E-state index contributed by atoms with van der Waals surface area (Å²) in [5.41, 5.74) is 0.220. The highest BCUT2D eigenvalue weighted by Crippen LogP contribution is 2.30. The van der Waals surface area contributed by atoms with E-state index in [0.717, 1.165) is 12.8 Å². The van der Waals surface area contributed by atoms with Crippen molar-refractivity contribution in [1.82, 2.24) is 4.31 Å². The van der Waals surface area contributed by atoms with Crippen molar-refractivity contribution in [3.05, 3.63) is 24.3 Å². The first-order valence-electron chi connectivity index (χ1n) is 6.75. The molecule has 2 rings (SSSR count). The fourth-order valence-corrected chi connectivity index (χ4v) is 4.36. The van der Waals surface area contributed by atoms with Gasteiger partial charge in [-0.25, -0.2) is 8.42 Å². The number of piperidine rings is 1. The van der Waals surface area contributed by atoms with E-state index in [9.17, 15) is 8.42 Å². The van der Waals surface area contributed by atoms with Crippen LogP contribution < -0.4 is 5.32 Å². The molecule has 0 amide bonds. The zero-order chi connectivity index (χ0) is 14.8. The highest BCUT2D eigenvalue weighted by molar-refractivity contribution is 7.89. The summed E-state index contributed by atoms with van der Waals surface area (Å²) >= 11 is 0. The minimum absolute atomic E-state index is 0.322. The standard InChI is InChI=1S/C14H22N2O3S/c1-14(19-3)9-6-10-16(11-14)20(17,18)13-8-5-4-7-12(13)15-2/h4-5,7-8,15H,6,9-11H2,1-3H3. The fourth-order valence-electron chi connectivity index (χ4n) is 2.57. The molecule has 5 nitrogen and oxygen atoms in total. The van der Waals surface area contributed by atoms with Crippen LogP contribution in [0.1, 0.15) is 19.8 Å². The van der Waals surface area contributed by atoms with Gasteiger partial charge < -0.3 is 10.1 Å². The lowest BCUT2D eigenvalue weighted by Crippen LogP contribution is -2.49. The highest BCUT2D eigenvalue weighted by Gasteiger charge is 2.37. The minimum atomic E-state index is -3.50. The Labute approximate surface area is 121 Å². The van der Waals surface area contributed by atoms with Gasteiger partial charge in [-0.3, -0.25) is 0 Å². The van der Waals surface area contributed by atoms with Gasteiger partial charge >= 0.3 is 0 Å². The van der Waals surface area contributed by atoms with Gasteiger partial charge in [0, 0.05) is 27.2 Å². The Bertz CT molecular complexity index is 574. The predicted octanol–water partition coefficient (Wildman–Crippen LogP) is 1.92. The van der Waals surface area contributed by atoms with Crippen molar-refractivity contribution in [2.24, 2.45) is 0 Å². The summed E-state index contributed by atoms with van der Waals surface area (Å²) in [6.45, 7) is 2.89. The number of sulfonamides is 1. The number of nitrogens with zero attached hydrogens (tertiary/aromatic N) is 1. The number of benzene rings is 1. The average molecular weight is 298 g/mol. The Hall–Kier alpha value is -1.11. The molecule has 1 aliphatic rings. The molecule has 0 bridgehead atoms. The third-order valence-corrected chi connectivity index (χ3v) is 5.79. The van der Waals surface area contributed by atoms with Gasteiger partial charge in [0.1, 0.15) is 4.90 Å². The molecule has 20 heavy (non-hydrogen) atoms. The summed E-state index contributed by atoms with van der Waals surface area (Å²) < 4.78 is 32.6. The molecule has 112 valence electrons. The maximum Gasteiger partial charge on any atom is 0.245 e. The van der Waals surface area contributed by atoms with Crippen molar-refractivity contribution >= 4 is 15.7 Å². The van der Waals surface area contributed by atoms with E-state index in [-0.39, 0.29) is 0 Å². The SMILES string of the molecule is CNc1ccccc1S(=O)(=O)N1CCCC(C)(OC)C1. The zero-order valence-corrected chi connectivity index (χ0v) is 13.0. The van der Waals surface area contributed by atoms with Crippen molar-refractivity contribution in [3.63, 3.8) is 0 Å². The second kappa shape index (κ2) is 5.71. The molecule has 0 radical (unpaired) electrons. The lowest BCUT2D eigenvalue weighted by atomic mass is 9.96. The Morgan fingerprint density at radius 3 is 2.70 bits per heavy atom. The van der Waals surface area contributed by atoms with Crippen molar-refractivity contribution in [3.8, 4) is 0 Å². The van der Waals surface area contributed by atoms with E-state index in [2.05, 4.69) is 5.32 Å². The van der Waals surface area contributed by atoms with E-state index in [1.165, 1.54) is 4.31 Å². The molecule has 1 aromatic rings. The fraction of sp³-hybridized carbons (Fsp3) is 0.571. The number of rotatable bonds is 4. The van der Waals surface area contributed by atoms with Crippen LogP contribution in [0, 0.1) is 0 Å². The number of methoxy groups -OCH3 is 1. The number of hydrogen-bond donors (Lipinski definition) is 1. The summed E-state index contributed by atoms with van der Waals surface area (Å²) in [5, 5.41) is 2.94. The van der Waals surface area contributed by atoms with Crippen LogP contribution in [0.2, 0.25) is 0 Å². The van der Waals surface area contributed by atoms with Crippen LogP contribution in [0.25, 0.3) is 0 Å². The first kappa shape index (κ1) is 15.3. The predicted molar refractivity (Wildman–Crippen MR) is 79.4 cm³/mol. The molecular weight excluding hydrogens is 276 g/mol. The molecule has 1 saturated heterocycles. The quantitative estimate of drug-likeness (QED) is 0.922. The molecule has 1 heterocycles. The maximum atomic E-state index is 12.8. The number of anilines is 1. The summed E-state index contributed by atoms with van der Waals surface area (Å²) in [6.07, 6.45) is 1.69. The van der Waals surface area contributed by atoms with Gasteiger partial charge in [0.25, 0.3) is 0 Å². The molecule has 1 N–H and O–H groups in total. The maximum absolute atomic E-state index is 12.8. The van der Waals surface area contributed by atoms with E-state index in [0.29, 0.717) is 23.7 Å².